The number of hydrogen-bond acceptors (Lipinski definition) is 3. The molecule has 0 saturated heterocycles. The largest absolute Gasteiger partial charge is 0.481 e. The van der Waals surface area contributed by atoms with Crippen molar-refractivity contribution in [1.82, 2.24) is 0 Å². The van der Waals surface area contributed by atoms with Crippen LogP contribution in [0.2, 0.25) is 0 Å². The van der Waals surface area contributed by atoms with E-state index in [9.17, 15) is 0 Å². The minimum atomic E-state index is -0.144. The van der Waals surface area contributed by atoms with Crippen LogP contribution in [0.15, 0.2) is 24.3 Å². The first-order valence-electron chi connectivity index (χ1n) is 6.18. The highest BCUT2D eigenvalue weighted by Crippen LogP contribution is 2.17. The van der Waals surface area contributed by atoms with Gasteiger partial charge >= 0.3 is 0 Å². The van der Waals surface area contributed by atoms with Crippen molar-refractivity contribution in [2.75, 3.05) is 19.8 Å². The molecule has 0 aliphatic heterocycles. The third-order valence-corrected chi connectivity index (χ3v) is 1.83. The van der Waals surface area contributed by atoms with Crippen LogP contribution in [0, 0.1) is 23.7 Å². The lowest BCUT2D eigenvalue weighted by Crippen LogP contribution is -1.96. The highest BCUT2D eigenvalue weighted by molar-refractivity contribution is 5.31. The predicted octanol–water partition coefficient (Wildman–Crippen LogP) is 2.49. The molecule has 0 aliphatic rings. The molecule has 102 valence electrons. The predicted molar refractivity (Wildman–Crippen MR) is 77.1 cm³/mol. The second kappa shape index (κ2) is 12.4. The number of hydrogen-bond donors (Lipinski definition) is 1. The van der Waals surface area contributed by atoms with Gasteiger partial charge in [0, 0.05) is 0 Å². The van der Waals surface area contributed by atoms with Gasteiger partial charge in [-0.2, -0.15) is 0 Å². The van der Waals surface area contributed by atoms with Crippen molar-refractivity contribution in [2.45, 2.75) is 20.8 Å². The van der Waals surface area contributed by atoms with Crippen LogP contribution in [0.3, 0.4) is 0 Å². The molecule has 0 amide bonds. The lowest BCUT2D eigenvalue weighted by atomic mass is 10.3. The minimum Gasteiger partial charge on any atom is -0.481 e. The van der Waals surface area contributed by atoms with E-state index in [4.69, 9.17) is 14.6 Å². The topological polar surface area (TPSA) is 38.7 Å². The summed E-state index contributed by atoms with van der Waals surface area (Å²) >= 11 is 0. The maximum atomic E-state index is 8.45. The lowest BCUT2D eigenvalue weighted by molar-refractivity contribution is 0.347. The van der Waals surface area contributed by atoms with E-state index in [0.717, 1.165) is 5.75 Å². The maximum absolute atomic E-state index is 8.45. The molecule has 1 N–H and O–H groups in total. The Bertz CT molecular complexity index is 441. The van der Waals surface area contributed by atoms with E-state index in [-0.39, 0.29) is 13.2 Å². The Morgan fingerprint density at radius 3 is 1.79 bits per heavy atom. The normalized spacial score (nSPS) is 7.79. The van der Waals surface area contributed by atoms with E-state index in [1.165, 1.54) is 0 Å². The summed E-state index contributed by atoms with van der Waals surface area (Å²) in [7, 11) is 0. The van der Waals surface area contributed by atoms with Crippen LogP contribution in [-0.4, -0.2) is 24.9 Å². The van der Waals surface area contributed by atoms with E-state index < -0.39 is 0 Å². The van der Waals surface area contributed by atoms with Crippen molar-refractivity contribution in [2.24, 2.45) is 0 Å². The Kier molecular flexibility index (Phi) is 11.0. The van der Waals surface area contributed by atoms with Gasteiger partial charge in [0.25, 0.3) is 0 Å². The molecule has 0 aromatic heterocycles. The van der Waals surface area contributed by atoms with Gasteiger partial charge in [0.05, 0.1) is 0 Å². The zero-order chi connectivity index (χ0) is 14.3. The first-order valence-corrected chi connectivity index (χ1v) is 6.18. The summed E-state index contributed by atoms with van der Waals surface area (Å²) in [5, 5.41) is 8.45. The smallest absolute Gasteiger partial charge is 0.149 e. The first kappa shape index (κ1) is 16.9. The van der Waals surface area contributed by atoms with Crippen molar-refractivity contribution in [3.05, 3.63) is 24.3 Å². The second-order valence-electron chi connectivity index (χ2n) is 2.99. The van der Waals surface area contributed by atoms with Crippen molar-refractivity contribution in [3.63, 3.8) is 0 Å². The molecule has 1 aromatic rings. The van der Waals surface area contributed by atoms with Crippen LogP contribution in [-0.2, 0) is 0 Å². The average molecular weight is 260 g/mol. The molecular weight excluding hydrogens is 240 g/mol. The standard InChI is InChI=1S/C14H14O3.C2H6/c1-2-3-11-16-13-6-8-14(9-7-13)17-12-5-4-10-15;1-2/h6-9,15H,10-12H2,1H3;1-2H3. The summed E-state index contributed by atoms with van der Waals surface area (Å²) < 4.78 is 10.7. The second-order valence-corrected chi connectivity index (χ2v) is 2.99. The van der Waals surface area contributed by atoms with Crippen molar-refractivity contribution in [3.8, 4) is 35.2 Å². The van der Waals surface area contributed by atoms with E-state index in [0.29, 0.717) is 12.4 Å². The Morgan fingerprint density at radius 1 is 0.895 bits per heavy atom. The summed E-state index contributed by atoms with van der Waals surface area (Å²) in [4.78, 5) is 0. The molecule has 1 rings (SSSR count). The van der Waals surface area contributed by atoms with Crippen LogP contribution in [0.25, 0.3) is 0 Å². The van der Waals surface area contributed by atoms with Gasteiger partial charge < -0.3 is 14.6 Å². The fourth-order valence-corrected chi connectivity index (χ4v) is 1.05. The average Bonchev–Trinajstić information content (AvgIpc) is 2.48. The SMILES string of the molecule is CC.CC#CCOc1ccc(OCC#CCO)cc1. The van der Waals surface area contributed by atoms with E-state index in [1.807, 2.05) is 26.0 Å². The monoisotopic (exact) mass is 260 g/mol. The Morgan fingerprint density at radius 2 is 1.37 bits per heavy atom. The quantitative estimate of drug-likeness (QED) is 0.845. The molecule has 0 saturated carbocycles. The fraction of sp³-hybridized carbons (Fsp3) is 0.375. The Hall–Kier alpha value is -2.10. The van der Waals surface area contributed by atoms with Crippen LogP contribution in [0.1, 0.15) is 20.8 Å². The molecule has 1 aromatic carbocycles. The fourth-order valence-electron chi connectivity index (χ4n) is 1.05. The van der Waals surface area contributed by atoms with Gasteiger partial charge in [-0.15, -0.1) is 5.92 Å². The lowest BCUT2D eigenvalue weighted by Gasteiger charge is -2.04. The zero-order valence-electron chi connectivity index (χ0n) is 11.7. The van der Waals surface area contributed by atoms with Crippen LogP contribution in [0.4, 0.5) is 0 Å². The molecule has 0 spiro atoms. The molecule has 0 aliphatic carbocycles. The number of rotatable bonds is 4. The Balaban J connectivity index is 0.00000154. The number of aliphatic hydroxyl groups is 1. The van der Waals surface area contributed by atoms with Gasteiger partial charge in [0.1, 0.15) is 31.3 Å². The number of benzene rings is 1. The zero-order valence-corrected chi connectivity index (χ0v) is 11.7. The minimum absolute atomic E-state index is 0.144. The van der Waals surface area contributed by atoms with Crippen LogP contribution in [0.5, 0.6) is 11.5 Å². The summed E-state index contributed by atoms with van der Waals surface area (Å²) in [6.07, 6.45) is 0. The van der Waals surface area contributed by atoms with Crippen molar-refractivity contribution >= 4 is 0 Å². The van der Waals surface area contributed by atoms with Crippen molar-refractivity contribution < 1.29 is 14.6 Å². The molecule has 0 fully saturated rings. The highest BCUT2D eigenvalue weighted by Gasteiger charge is 1.94. The summed E-state index contributed by atoms with van der Waals surface area (Å²) in [5.41, 5.74) is 0. The molecule has 0 bridgehead atoms. The molecule has 3 heteroatoms. The number of ether oxygens (including phenoxy) is 2. The summed E-state index contributed by atoms with van der Waals surface area (Å²) in [6.45, 7) is 6.28. The molecule has 0 radical (unpaired) electrons. The summed E-state index contributed by atoms with van der Waals surface area (Å²) in [5.74, 6) is 12.2. The van der Waals surface area contributed by atoms with Gasteiger partial charge in [0.15, 0.2) is 0 Å². The maximum Gasteiger partial charge on any atom is 0.149 e. The van der Waals surface area contributed by atoms with E-state index >= 15 is 0 Å². The first-order chi connectivity index (χ1) is 9.36. The Labute approximate surface area is 115 Å². The third kappa shape index (κ3) is 8.60. The van der Waals surface area contributed by atoms with Gasteiger partial charge in [-0.1, -0.05) is 31.6 Å². The van der Waals surface area contributed by atoms with Crippen molar-refractivity contribution in [1.29, 1.82) is 0 Å². The third-order valence-electron chi connectivity index (χ3n) is 1.83. The molecular formula is C16H20O3. The van der Waals surface area contributed by atoms with Gasteiger partial charge in [-0.3, -0.25) is 0 Å². The molecule has 19 heavy (non-hydrogen) atoms. The van der Waals surface area contributed by atoms with Crippen LogP contribution >= 0.6 is 0 Å². The molecule has 0 heterocycles. The van der Waals surface area contributed by atoms with E-state index in [1.54, 1.807) is 19.1 Å². The summed E-state index contributed by atoms with van der Waals surface area (Å²) in [6, 6.07) is 7.23. The van der Waals surface area contributed by atoms with E-state index in [2.05, 4.69) is 23.7 Å². The molecule has 3 nitrogen and oxygen atoms in total. The molecule has 0 unspecified atom stereocenters. The van der Waals surface area contributed by atoms with Gasteiger partial charge in [-0.05, 0) is 31.2 Å². The highest BCUT2D eigenvalue weighted by atomic mass is 16.5. The molecule has 0 atom stereocenters. The van der Waals surface area contributed by atoms with Crippen LogP contribution < -0.4 is 9.47 Å². The van der Waals surface area contributed by atoms with Gasteiger partial charge in [-0.25, -0.2) is 0 Å². The van der Waals surface area contributed by atoms with Gasteiger partial charge in [0.2, 0.25) is 0 Å². The number of aliphatic hydroxyl groups excluding tert-OH is 1.